The van der Waals surface area contributed by atoms with Crippen molar-refractivity contribution in [2.75, 3.05) is 0 Å². The molecule has 0 saturated heterocycles. The van der Waals surface area contributed by atoms with Gasteiger partial charge in [0.15, 0.2) is 5.82 Å². The number of aromatic nitrogens is 3. The molecule has 1 N–H and O–H groups in total. The Morgan fingerprint density at radius 1 is 0.600 bits per heavy atom. The van der Waals surface area contributed by atoms with Crippen LogP contribution in [0.25, 0.3) is 39.3 Å². The maximum absolute atomic E-state index is 12.5. The summed E-state index contributed by atoms with van der Waals surface area (Å²) in [5.41, 5.74) is 6.15. The third-order valence-corrected chi connectivity index (χ3v) is 5.08. The van der Waals surface area contributed by atoms with Crippen molar-refractivity contribution in [2.45, 2.75) is 0 Å². The Morgan fingerprint density at radius 2 is 1.20 bits per heavy atom. The molecule has 0 radical (unpaired) electrons. The fourth-order valence-corrected chi connectivity index (χ4v) is 3.58. The third kappa shape index (κ3) is 3.47. The molecule has 0 aliphatic heterocycles. The Kier molecular flexibility index (Phi) is 4.58. The minimum Gasteiger partial charge on any atom is -0.289 e. The molecule has 0 aliphatic carbocycles. The Bertz CT molecular complexity index is 1350. The van der Waals surface area contributed by atoms with Crippen molar-refractivity contribution >= 4 is 0 Å². The first-order chi connectivity index (χ1) is 14.8. The third-order valence-electron chi connectivity index (χ3n) is 5.08. The number of pyridine rings is 1. The van der Waals surface area contributed by atoms with Gasteiger partial charge in [-0.15, -0.1) is 0 Å². The summed E-state index contributed by atoms with van der Waals surface area (Å²) in [6.07, 6.45) is 1.67. The van der Waals surface area contributed by atoms with E-state index in [9.17, 15) is 4.79 Å². The van der Waals surface area contributed by atoms with Crippen LogP contribution in [-0.2, 0) is 0 Å². The van der Waals surface area contributed by atoms with Crippen LogP contribution in [0.15, 0.2) is 114 Å². The number of nitrogens with one attached hydrogen (secondary N) is 1. The van der Waals surface area contributed by atoms with E-state index in [1.165, 1.54) is 15.8 Å². The lowest BCUT2D eigenvalue weighted by molar-refractivity contribution is 0.822. The van der Waals surface area contributed by atoms with Gasteiger partial charge in [0.25, 0.3) is 5.56 Å². The molecule has 0 aliphatic rings. The molecular formula is C26H19N3O. The van der Waals surface area contributed by atoms with Gasteiger partial charge in [-0.25, -0.2) is 9.67 Å². The number of nitrogens with zero attached hydrogens (tertiary/aromatic N) is 2. The summed E-state index contributed by atoms with van der Waals surface area (Å²) in [5.74, 6) is 0.570. The van der Waals surface area contributed by atoms with E-state index >= 15 is 0 Å². The second-order valence-corrected chi connectivity index (χ2v) is 7.06. The van der Waals surface area contributed by atoms with Gasteiger partial charge in [0.1, 0.15) is 0 Å². The Hall–Kier alpha value is -4.18. The Labute approximate surface area is 174 Å². The largest absolute Gasteiger partial charge is 0.289 e. The molecule has 4 nitrogen and oxygen atoms in total. The zero-order valence-electron chi connectivity index (χ0n) is 16.2. The quantitative estimate of drug-likeness (QED) is 0.437. The monoisotopic (exact) mass is 389 g/mol. The first-order valence-electron chi connectivity index (χ1n) is 9.78. The summed E-state index contributed by atoms with van der Waals surface area (Å²) in [7, 11) is 0. The van der Waals surface area contributed by atoms with Crippen LogP contribution < -0.4 is 5.56 Å². The Morgan fingerprint density at radius 3 is 1.90 bits per heavy atom. The van der Waals surface area contributed by atoms with E-state index in [-0.39, 0.29) is 5.56 Å². The smallest absolute Gasteiger partial charge is 0.273 e. The second kappa shape index (κ2) is 7.68. The summed E-state index contributed by atoms with van der Waals surface area (Å²) < 4.78 is 1.46. The van der Waals surface area contributed by atoms with Crippen molar-refractivity contribution < 1.29 is 0 Å². The number of benzene rings is 3. The van der Waals surface area contributed by atoms with E-state index in [1.54, 1.807) is 18.3 Å². The fourth-order valence-electron chi connectivity index (χ4n) is 3.58. The maximum atomic E-state index is 12.5. The molecule has 0 spiro atoms. The average Bonchev–Trinajstić information content (AvgIpc) is 3.22. The molecule has 0 fully saturated rings. The van der Waals surface area contributed by atoms with Gasteiger partial charge < -0.3 is 0 Å². The predicted molar refractivity (Wildman–Crippen MR) is 120 cm³/mol. The molecule has 0 unspecified atom stereocenters. The van der Waals surface area contributed by atoms with Crippen LogP contribution in [0.3, 0.4) is 0 Å². The standard InChI is InChI=1S/C26H19N3O/c30-26-18-24(28-29(26)25-14-4-5-15-27-25)23-13-7-12-22(17-23)21-11-6-10-20(16-21)19-8-2-1-3-9-19/h1-18,28H. The summed E-state index contributed by atoms with van der Waals surface area (Å²) >= 11 is 0. The molecule has 30 heavy (non-hydrogen) atoms. The summed E-state index contributed by atoms with van der Waals surface area (Å²) in [5, 5.41) is 3.17. The van der Waals surface area contributed by atoms with Crippen molar-refractivity contribution in [3.8, 4) is 39.3 Å². The van der Waals surface area contributed by atoms with Crippen LogP contribution in [0, 0.1) is 0 Å². The van der Waals surface area contributed by atoms with Gasteiger partial charge >= 0.3 is 0 Å². The highest BCUT2D eigenvalue weighted by molar-refractivity contribution is 5.76. The molecule has 0 atom stereocenters. The molecule has 5 aromatic rings. The first kappa shape index (κ1) is 17.9. The molecule has 4 heteroatoms. The summed E-state index contributed by atoms with van der Waals surface area (Å²) in [6, 6.07) is 34.1. The lowest BCUT2D eigenvalue weighted by Crippen LogP contribution is -2.14. The van der Waals surface area contributed by atoms with Crippen LogP contribution in [0.1, 0.15) is 0 Å². The lowest BCUT2D eigenvalue weighted by atomic mass is 9.97. The SMILES string of the molecule is O=c1cc(-c2cccc(-c3cccc(-c4ccccc4)c3)c2)[nH]n1-c1ccccn1. The van der Waals surface area contributed by atoms with Gasteiger partial charge in [-0.1, -0.05) is 72.8 Å². The van der Waals surface area contributed by atoms with Gasteiger partial charge in [-0.3, -0.25) is 9.89 Å². The first-order valence-corrected chi connectivity index (χ1v) is 9.78. The van der Waals surface area contributed by atoms with E-state index in [0.29, 0.717) is 5.82 Å². The van der Waals surface area contributed by atoms with E-state index in [0.717, 1.165) is 22.4 Å². The van der Waals surface area contributed by atoms with Crippen LogP contribution in [0.5, 0.6) is 0 Å². The van der Waals surface area contributed by atoms with E-state index in [1.807, 2.05) is 42.5 Å². The van der Waals surface area contributed by atoms with Crippen LogP contribution >= 0.6 is 0 Å². The highest BCUT2D eigenvalue weighted by atomic mass is 16.1. The molecule has 0 bridgehead atoms. The highest BCUT2D eigenvalue weighted by Gasteiger charge is 2.09. The highest BCUT2D eigenvalue weighted by Crippen LogP contribution is 2.29. The number of rotatable bonds is 4. The van der Waals surface area contributed by atoms with Gasteiger partial charge in [0.2, 0.25) is 0 Å². The molecule has 5 rings (SSSR count). The molecule has 2 heterocycles. The normalized spacial score (nSPS) is 10.8. The van der Waals surface area contributed by atoms with Crippen molar-refractivity contribution in [3.63, 3.8) is 0 Å². The number of aromatic amines is 1. The van der Waals surface area contributed by atoms with Crippen LogP contribution in [0.2, 0.25) is 0 Å². The zero-order valence-corrected chi connectivity index (χ0v) is 16.2. The molecule has 0 amide bonds. The van der Waals surface area contributed by atoms with Crippen LogP contribution in [-0.4, -0.2) is 14.8 Å². The molecule has 144 valence electrons. The lowest BCUT2D eigenvalue weighted by Gasteiger charge is -2.08. The van der Waals surface area contributed by atoms with Gasteiger partial charge in [0.05, 0.1) is 5.69 Å². The molecule has 0 saturated carbocycles. The van der Waals surface area contributed by atoms with Gasteiger partial charge in [-0.2, -0.15) is 0 Å². The zero-order chi connectivity index (χ0) is 20.3. The molecular weight excluding hydrogens is 370 g/mol. The summed E-state index contributed by atoms with van der Waals surface area (Å²) in [6.45, 7) is 0. The number of hydrogen-bond acceptors (Lipinski definition) is 2. The van der Waals surface area contributed by atoms with E-state index in [4.69, 9.17) is 0 Å². The van der Waals surface area contributed by atoms with Crippen molar-refractivity contribution in [1.82, 2.24) is 14.8 Å². The topological polar surface area (TPSA) is 50.7 Å². The van der Waals surface area contributed by atoms with E-state index < -0.39 is 0 Å². The van der Waals surface area contributed by atoms with Gasteiger partial charge in [0, 0.05) is 17.8 Å². The minimum atomic E-state index is -0.139. The van der Waals surface area contributed by atoms with Crippen molar-refractivity contribution in [3.05, 3.63) is 120 Å². The minimum absolute atomic E-state index is 0.139. The average molecular weight is 389 g/mol. The maximum Gasteiger partial charge on any atom is 0.273 e. The van der Waals surface area contributed by atoms with E-state index in [2.05, 4.69) is 58.6 Å². The predicted octanol–water partition coefficient (Wildman–Crippen LogP) is 5.56. The fraction of sp³-hybridized carbons (Fsp3) is 0. The Balaban J connectivity index is 1.53. The number of H-pyrrole nitrogens is 1. The van der Waals surface area contributed by atoms with Crippen molar-refractivity contribution in [1.29, 1.82) is 0 Å². The van der Waals surface area contributed by atoms with Crippen LogP contribution in [0.4, 0.5) is 0 Å². The van der Waals surface area contributed by atoms with Gasteiger partial charge in [-0.05, 0) is 46.5 Å². The second-order valence-electron chi connectivity index (χ2n) is 7.06. The van der Waals surface area contributed by atoms with Crippen molar-refractivity contribution in [2.24, 2.45) is 0 Å². The summed E-state index contributed by atoms with van der Waals surface area (Å²) in [4.78, 5) is 16.7. The number of hydrogen-bond donors (Lipinski definition) is 1. The molecule has 2 aromatic heterocycles. The molecule has 3 aromatic carbocycles.